The van der Waals surface area contributed by atoms with Crippen LogP contribution in [0.4, 0.5) is 26.3 Å². The molecule has 0 N–H and O–H groups in total. The Balaban J connectivity index is 0.00000432. The van der Waals surface area contributed by atoms with Crippen LogP contribution in [0, 0.1) is 12.7 Å². The van der Waals surface area contributed by atoms with Gasteiger partial charge in [-0.3, -0.25) is 9.97 Å². The maximum absolute atomic E-state index is 14.5. The van der Waals surface area contributed by atoms with E-state index in [4.69, 9.17) is 0 Å². The molecule has 0 aliphatic heterocycles. The van der Waals surface area contributed by atoms with Crippen LogP contribution in [-0.2, 0) is 33.4 Å². The number of nitrogens with zero attached hydrogens (tertiary/aromatic N) is 6. The number of pyridine rings is 2. The van der Waals surface area contributed by atoms with Crippen LogP contribution in [0.3, 0.4) is 0 Å². The Bertz CT molecular complexity index is 2080. The van der Waals surface area contributed by atoms with E-state index in [1.165, 1.54) is 36.4 Å². The van der Waals surface area contributed by atoms with Gasteiger partial charge in [-0.1, -0.05) is 115 Å². The van der Waals surface area contributed by atoms with Crippen molar-refractivity contribution in [3.63, 3.8) is 0 Å². The van der Waals surface area contributed by atoms with Crippen molar-refractivity contribution in [2.24, 2.45) is 0 Å². The second kappa shape index (κ2) is 13.9. The van der Waals surface area contributed by atoms with Crippen molar-refractivity contribution in [2.45, 2.75) is 18.3 Å². The molecule has 13 heteroatoms. The molecule has 4 heterocycles. The van der Waals surface area contributed by atoms with Gasteiger partial charge >= 0.3 is 33.4 Å². The monoisotopic (exact) mass is 859 g/mol. The number of halogens is 6. The molecule has 4 aromatic heterocycles. The Labute approximate surface area is 296 Å². The molecule has 0 fully saturated rings. The molecule has 0 saturated heterocycles. The van der Waals surface area contributed by atoms with Crippen LogP contribution in [0.5, 0.6) is 0 Å². The van der Waals surface area contributed by atoms with E-state index >= 15 is 0 Å². The summed E-state index contributed by atoms with van der Waals surface area (Å²) in [6, 6.07) is 33.9. The summed E-state index contributed by atoms with van der Waals surface area (Å²) in [5.41, 5.74) is -0.955. The van der Waals surface area contributed by atoms with Crippen LogP contribution < -0.4 is 0 Å². The number of imidazole rings is 2. The smallest absolute Gasteiger partial charge is 0.407 e. The third kappa shape index (κ3) is 6.76. The van der Waals surface area contributed by atoms with Crippen LogP contribution in [0.2, 0.25) is 0 Å². The Morgan fingerprint density at radius 1 is 0.480 bits per heavy atom. The number of aromatic nitrogens is 6. The van der Waals surface area contributed by atoms with E-state index < -0.39 is 29.7 Å². The molecule has 0 atom stereocenters. The maximum atomic E-state index is 14.5. The standard InChI is InChI=1S/C37H22F6N6.Pt/c38-36(39,40)34-32(25-14-6-2-7-15-25)44-22-48(34)29-20-10-18-27(46-29)31(24-12-4-1-5-13-24)28-19-11-21-30(47-28)49-23-45-33(35(49)37(41,42)43)26-16-8-3-9-17-26;/h1-21,31H;/q-2;+2. The van der Waals surface area contributed by atoms with Gasteiger partial charge in [-0.05, 0) is 40.2 Å². The van der Waals surface area contributed by atoms with Crippen LogP contribution >= 0.6 is 0 Å². The van der Waals surface area contributed by atoms with Crippen molar-refractivity contribution >= 4 is 0 Å². The molecule has 7 rings (SSSR count). The van der Waals surface area contributed by atoms with E-state index in [0.717, 1.165) is 9.13 Å². The van der Waals surface area contributed by atoms with E-state index in [0.29, 0.717) is 17.0 Å². The Morgan fingerprint density at radius 3 is 1.24 bits per heavy atom. The van der Waals surface area contributed by atoms with E-state index in [9.17, 15) is 26.3 Å². The zero-order valence-corrected chi connectivity index (χ0v) is 27.7. The van der Waals surface area contributed by atoms with E-state index in [1.807, 2.05) is 0 Å². The molecule has 0 amide bonds. The quantitative estimate of drug-likeness (QED) is 0.119. The summed E-state index contributed by atoms with van der Waals surface area (Å²) in [5.74, 6) is -1.00. The van der Waals surface area contributed by atoms with Gasteiger partial charge < -0.3 is 19.1 Å². The Hall–Kier alpha value is -5.35. The molecular weight excluding hydrogens is 838 g/mol. The minimum atomic E-state index is -4.80. The number of benzene rings is 3. The summed E-state index contributed by atoms with van der Waals surface area (Å²) in [6.45, 7) is 0. The first kappa shape index (κ1) is 34.5. The van der Waals surface area contributed by atoms with Crippen molar-refractivity contribution in [3.8, 4) is 34.2 Å². The van der Waals surface area contributed by atoms with Gasteiger partial charge in [0.15, 0.2) is 0 Å². The van der Waals surface area contributed by atoms with Crippen LogP contribution in [0.1, 0.15) is 34.3 Å². The van der Waals surface area contributed by atoms with Crippen molar-refractivity contribution in [3.05, 3.63) is 168 Å². The topological polar surface area (TPSA) is 61.4 Å². The van der Waals surface area contributed by atoms with Gasteiger partial charge in [0, 0.05) is 35.4 Å². The molecular formula is C37H22F6N6Pt. The van der Waals surface area contributed by atoms with Gasteiger partial charge in [-0.25, -0.2) is 0 Å². The molecule has 6 nitrogen and oxygen atoms in total. The second-order valence-corrected chi connectivity index (χ2v) is 10.9. The number of hydrogen-bond acceptors (Lipinski definition) is 4. The molecule has 0 spiro atoms. The minimum Gasteiger partial charge on any atom is -0.407 e. The molecule has 0 bridgehead atoms. The Morgan fingerprint density at radius 2 is 0.860 bits per heavy atom. The molecule has 7 aromatic rings. The van der Waals surface area contributed by atoms with Crippen LogP contribution in [0.25, 0.3) is 34.2 Å². The molecule has 3 aromatic carbocycles. The molecule has 50 heavy (non-hydrogen) atoms. The molecule has 0 radical (unpaired) electrons. The summed E-state index contributed by atoms with van der Waals surface area (Å²) in [5, 5.41) is 0. The maximum Gasteiger partial charge on any atom is 2.00 e. The van der Waals surface area contributed by atoms with Gasteiger partial charge in [0.05, 0.1) is 17.6 Å². The molecule has 0 aliphatic carbocycles. The predicted octanol–water partition coefficient (Wildman–Crippen LogP) is 9.00. The fourth-order valence-corrected chi connectivity index (χ4v) is 5.65. The normalized spacial score (nSPS) is 11.8. The Kier molecular flexibility index (Phi) is 9.57. The SMILES string of the molecule is FC(F)(F)c1c(-c2ccccc2)n[c-]n1-c1cccc(C(c2ccccc2)c2cccc(-n3[c-]nc(-c4ccccc4)c3C(F)(F)F)n2)n1.[Pt+2]. The van der Waals surface area contributed by atoms with E-state index in [2.05, 4.69) is 32.6 Å². The fraction of sp³-hybridized carbons (Fsp3) is 0.0811. The third-order valence-electron chi connectivity index (χ3n) is 7.75. The molecule has 0 saturated carbocycles. The minimum absolute atomic E-state index is 0. The van der Waals surface area contributed by atoms with Crippen LogP contribution in [-0.4, -0.2) is 29.1 Å². The van der Waals surface area contributed by atoms with E-state index in [-0.39, 0.29) is 55.2 Å². The van der Waals surface area contributed by atoms with Gasteiger partial charge in [0.25, 0.3) is 0 Å². The predicted molar refractivity (Wildman–Crippen MR) is 169 cm³/mol. The summed E-state index contributed by atoms with van der Waals surface area (Å²) >= 11 is 0. The van der Waals surface area contributed by atoms with Gasteiger partial charge in [0.1, 0.15) is 0 Å². The first-order chi connectivity index (χ1) is 23.6. The second-order valence-electron chi connectivity index (χ2n) is 10.9. The average Bonchev–Trinajstić information content (AvgIpc) is 3.77. The summed E-state index contributed by atoms with van der Waals surface area (Å²) in [7, 11) is 0. The van der Waals surface area contributed by atoms with Gasteiger partial charge in [-0.2, -0.15) is 26.3 Å². The summed E-state index contributed by atoms with van der Waals surface area (Å²) in [6.07, 6.45) is -4.70. The van der Waals surface area contributed by atoms with Crippen LogP contribution in [0.15, 0.2) is 127 Å². The molecule has 252 valence electrons. The fourth-order valence-electron chi connectivity index (χ4n) is 5.65. The summed E-state index contributed by atoms with van der Waals surface area (Å²) in [4.78, 5) is 17.2. The number of hydrogen-bond donors (Lipinski definition) is 0. The van der Waals surface area contributed by atoms with Crippen molar-refractivity contribution in [1.29, 1.82) is 0 Å². The summed E-state index contributed by atoms with van der Waals surface area (Å²) < 4.78 is 88.7. The number of alkyl halides is 6. The van der Waals surface area contributed by atoms with E-state index in [1.54, 1.807) is 91.0 Å². The zero-order chi connectivity index (χ0) is 34.2. The van der Waals surface area contributed by atoms with Gasteiger partial charge in [0.2, 0.25) is 0 Å². The number of rotatable bonds is 7. The average molecular weight is 860 g/mol. The third-order valence-corrected chi connectivity index (χ3v) is 7.75. The molecule has 0 unspecified atom stereocenters. The first-order valence-electron chi connectivity index (χ1n) is 14.9. The largest absolute Gasteiger partial charge is 2.00 e. The van der Waals surface area contributed by atoms with Crippen molar-refractivity contribution < 1.29 is 47.4 Å². The van der Waals surface area contributed by atoms with Gasteiger partial charge in [-0.15, -0.1) is 0 Å². The molecule has 0 aliphatic rings. The zero-order valence-electron chi connectivity index (χ0n) is 25.5. The van der Waals surface area contributed by atoms with Crippen molar-refractivity contribution in [1.82, 2.24) is 29.1 Å². The first-order valence-corrected chi connectivity index (χ1v) is 14.9. The van der Waals surface area contributed by atoms with Crippen molar-refractivity contribution in [2.75, 3.05) is 0 Å².